The Labute approximate surface area is 330 Å². The number of cyclic esters (lactones) is 2. The summed E-state index contributed by atoms with van der Waals surface area (Å²) in [7, 11) is 0. The molecule has 58 heavy (non-hydrogen) atoms. The highest BCUT2D eigenvalue weighted by Gasteiger charge is 2.42. The fourth-order valence-corrected chi connectivity index (χ4v) is 6.85. The maximum atomic E-state index is 12.7. The van der Waals surface area contributed by atoms with Crippen LogP contribution in [0.3, 0.4) is 0 Å². The van der Waals surface area contributed by atoms with Gasteiger partial charge in [-0.1, -0.05) is 48.5 Å². The molecular weight excluding hydrogens is 741 g/mol. The Kier molecular flexibility index (Phi) is 10.4. The van der Waals surface area contributed by atoms with Crippen LogP contribution in [0, 0.1) is 6.08 Å². The maximum Gasteiger partial charge on any atom is 0.337 e. The molecule has 0 spiro atoms. The highest BCUT2D eigenvalue weighted by atomic mass is 16.5. The van der Waals surface area contributed by atoms with Gasteiger partial charge in [0.1, 0.15) is 47.9 Å². The number of benzene rings is 3. The van der Waals surface area contributed by atoms with Crippen molar-refractivity contribution in [3.8, 4) is 22.9 Å². The predicted octanol–water partition coefficient (Wildman–Crippen LogP) is 7.29. The van der Waals surface area contributed by atoms with Crippen molar-refractivity contribution < 1.29 is 37.5 Å². The number of nitrogens with zero attached hydrogens (tertiary/aromatic N) is 2. The zero-order valence-electron chi connectivity index (χ0n) is 30.6. The van der Waals surface area contributed by atoms with Gasteiger partial charge in [-0.05, 0) is 52.7 Å². The van der Waals surface area contributed by atoms with Crippen LogP contribution in [0.2, 0.25) is 0 Å². The fraction of sp³-hybridized carbons (Fsp3) is 0.0909. The molecule has 1 fully saturated rings. The molecule has 1 saturated heterocycles. The number of ketones is 1. The second kappa shape index (κ2) is 16.3. The second-order valence-electron chi connectivity index (χ2n) is 13.1. The van der Waals surface area contributed by atoms with Gasteiger partial charge < -0.3 is 29.4 Å². The Morgan fingerprint density at radius 2 is 1.62 bits per heavy atom. The van der Waals surface area contributed by atoms with E-state index in [2.05, 4.69) is 60.8 Å². The van der Waals surface area contributed by atoms with E-state index in [1.54, 1.807) is 18.6 Å². The molecule has 0 saturated carbocycles. The van der Waals surface area contributed by atoms with Gasteiger partial charge in [0.15, 0.2) is 36.0 Å². The number of allylic oxidation sites excluding steroid dienone is 2. The molecule has 14 heteroatoms. The lowest BCUT2D eigenvalue weighted by molar-refractivity contribution is -0.138. The van der Waals surface area contributed by atoms with Gasteiger partial charge in [0.2, 0.25) is 0 Å². The van der Waals surface area contributed by atoms with Crippen LogP contribution in [0.4, 0.5) is 11.6 Å². The molecule has 3 aliphatic heterocycles. The summed E-state index contributed by atoms with van der Waals surface area (Å²) < 4.78 is 20.4. The third kappa shape index (κ3) is 7.58. The van der Waals surface area contributed by atoms with Gasteiger partial charge in [0.05, 0.1) is 41.0 Å². The van der Waals surface area contributed by atoms with Crippen LogP contribution in [0.15, 0.2) is 130 Å². The molecule has 1 aliphatic carbocycles. The Morgan fingerprint density at radius 3 is 2.33 bits per heavy atom. The molecule has 7 heterocycles. The minimum Gasteiger partial charge on any atom is -0.463 e. The minimum absolute atomic E-state index is 0.0150. The van der Waals surface area contributed by atoms with E-state index in [0.29, 0.717) is 23.0 Å². The van der Waals surface area contributed by atoms with Gasteiger partial charge in [0.25, 0.3) is 0 Å². The van der Waals surface area contributed by atoms with E-state index < -0.39 is 5.97 Å². The average molecular weight is 774 g/mol. The summed E-state index contributed by atoms with van der Waals surface area (Å²) in [5, 5.41) is 19.5. The van der Waals surface area contributed by atoms with Gasteiger partial charge in [-0.15, -0.1) is 0 Å². The SMILES string of the molecule is Nc1cc(-c2ccco2)[nH]n1.O=C1COC(=O)C1.O=C1OCC2=C1C(c1cccc3ccccc13)c1c(n[nH]c1-c1ccco1)N2.O=Cc1cccc2c1C=[C+]C=C2. The lowest BCUT2D eigenvalue weighted by Crippen LogP contribution is -2.20. The van der Waals surface area contributed by atoms with Gasteiger partial charge in [-0.25, -0.2) is 4.79 Å². The Hall–Kier alpha value is -8.09. The number of nitrogens with one attached hydrogen (secondary N) is 3. The first kappa shape index (κ1) is 36.9. The monoisotopic (exact) mass is 773 g/mol. The van der Waals surface area contributed by atoms with Crippen LogP contribution in [-0.2, 0) is 23.9 Å². The van der Waals surface area contributed by atoms with E-state index in [-0.39, 0.29) is 37.3 Å². The van der Waals surface area contributed by atoms with Gasteiger partial charge in [0, 0.05) is 23.6 Å². The number of hydrogen-bond acceptors (Lipinski definition) is 12. The van der Waals surface area contributed by atoms with Gasteiger partial charge in [-0.3, -0.25) is 24.6 Å². The zero-order chi connectivity index (χ0) is 40.0. The molecule has 7 aromatic rings. The number of esters is 2. The molecule has 0 radical (unpaired) electrons. The van der Waals surface area contributed by atoms with Crippen molar-refractivity contribution in [3.05, 3.63) is 155 Å². The van der Waals surface area contributed by atoms with Crippen LogP contribution in [-0.4, -0.2) is 57.6 Å². The summed E-state index contributed by atoms with van der Waals surface area (Å²) in [6.45, 7) is 0.219. The molecule has 0 amide bonds. The molecule has 11 rings (SSSR count). The van der Waals surface area contributed by atoms with Crippen molar-refractivity contribution in [2.45, 2.75) is 12.3 Å². The summed E-state index contributed by atoms with van der Waals surface area (Å²) in [4.78, 5) is 43.4. The normalized spacial score (nSPS) is 15.5. The number of rotatable bonds is 4. The van der Waals surface area contributed by atoms with Crippen LogP contribution in [0.5, 0.6) is 0 Å². The van der Waals surface area contributed by atoms with Crippen LogP contribution >= 0.6 is 0 Å². The topological polar surface area (TPSA) is 208 Å². The number of nitrogens with two attached hydrogens (primary N) is 1. The molecule has 3 aromatic carbocycles. The molecule has 5 N–H and O–H groups in total. The number of carbonyl (C=O) groups excluding carboxylic acids is 4. The number of nitrogen functional groups attached to an aromatic ring is 1. The van der Waals surface area contributed by atoms with E-state index in [0.717, 1.165) is 67.7 Å². The lowest BCUT2D eigenvalue weighted by Gasteiger charge is -2.25. The molecule has 14 nitrogen and oxygen atoms in total. The summed E-state index contributed by atoms with van der Waals surface area (Å²) in [6, 6.07) is 29.1. The van der Waals surface area contributed by atoms with E-state index in [1.807, 2.05) is 78.9 Å². The Bertz CT molecular complexity index is 2700. The first-order valence-electron chi connectivity index (χ1n) is 18.0. The van der Waals surface area contributed by atoms with Gasteiger partial charge >= 0.3 is 11.9 Å². The highest BCUT2D eigenvalue weighted by molar-refractivity contribution is 6.01. The number of fused-ring (bicyclic) bond motifs is 3. The number of ether oxygens (including phenoxy) is 2. The minimum atomic E-state index is -0.398. The molecule has 286 valence electrons. The summed E-state index contributed by atoms with van der Waals surface area (Å²) >= 11 is 0. The zero-order valence-corrected chi connectivity index (χ0v) is 30.6. The number of aromatic nitrogens is 4. The summed E-state index contributed by atoms with van der Waals surface area (Å²) in [5.41, 5.74) is 13.1. The highest BCUT2D eigenvalue weighted by Crippen LogP contribution is 2.48. The van der Waals surface area contributed by atoms with E-state index in [1.165, 1.54) is 0 Å². The number of aldehydes is 1. The van der Waals surface area contributed by atoms with Crippen molar-refractivity contribution in [1.82, 2.24) is 20.4 Å². The number of Topliss-reactive ketones (excluding diaryl/α,β-unsaturated/α-hetero) is 1. The third-order valence-corrected chi connectivity index (χ3v) is 9.45. The van der Waals surface area contributed by atoms with Crippen LogP contribution < -0.4 is 11.1 Å². The van der Waals surface area contributed by atoms with Crippen molar-refractivity contribution in [2.24, 2.45) is 0 Å². The number of furan rings is 2. The molecule has 1 atom stereocenters. The first-order valence-corrected chi connectivity index (χ1v) is 18.0. The molecule has 4 aromatic heterocycles. The molecule has 1 unspecified atom stereocenters. The summed E-state index contributed by atoms with van der Waals surface area (Å²) in [5.74, 6) is 1.47. The van der Waals surface area contributed by atoms with Crippen molar-refractivity contribution in [2.75, 3.05) is 24.3 Å². The number of aromatic amines is 2. The Balaban J connectivity index is 0.000000128. The lowest BCUT2D eigenvalue weighted by atomic mass is 9.79. The number of hydrogen-bond donors (Lipinski definition) is 4. The maximum absolute atomic E-state index is 12.7. The second-order valence-corrected chi connectivity index (χ2v) is 13.1. The van der Waals surface area contributed by atoms with Gasteiger partial charge in [-0.2, -0.15) is 10.2 Å². The number of H-pyrrole nitrogens is 2. The number of anilines is 2. The van der Waals surface area contributed by atoms with E-state index >= 15 is 0 Å². The predicted molar refractivity (Wildman–Crippen MR) is 214 cm³/mol. The standard InChI is InChI=1S/C22H15N3O3.C11H7O.C7H7N3O.C4H4O3/c26-22-18-15(11-28-22)23-21-19(20(24-25-21)16-9-4-10-27-16)17(18)14-8-3-6-12-5-1-2-7-13(12)14;12-8-10-6-3-5-9-4-1-2-7-11(9)10;8-7-4-5(9-10-7)6-2-1-3-11-6;5-3-1-4(6)7-2-3/h1-10,17H,11H2,(H2,23,24,25);1,3-8H;1-4H,(H3,8,9,10);1-2H2/q;+1;;. The third-order valence-electron chi connectivity index (χ3n) is 9.45. The molecule has 0 bridgehead atoms. The van der Waals surface area contributed by atoms with E-state index in [9.17, 15) is 19.2 Å². The first-order chi connectivity index (χ1) is 28.4. The fourth-order valence-electron chi connectivity index (χ4n) is 6.85. The average Bonchev–Trinajstić information content (AvgIpc) is 4.12. The largest absolute Gasteiger partial charge is 0.463 e. The van der Waals surface area contributed by atoms with Crippen molar-refractivity contribution >= 4 is 58.6 Å². The quantitative estimate of drug-likeness (QED) is 0.0602. The van der Waals surface area contributed by atoms with Crippen LogP contribution in [0.1, 0.15) is 45.0 Å². The summed E-state index contributed by atoms with van der Waals surface area (Å²) in [6.07, 6.45) is 12.6. The number of carbonyl (C=O) groups is 4. The van der Waals surface area contributed by atoms with Crippen molar-refractivity contribution in [1.29, 1.82) is 0 Å². The van der Waals surface area contributed by atoms with E-state index in [4.69, 9.17) is 19.3 Å². The Morgan fingerprint density at radius 1 is 0.828 bits per heavy atom. The molecular formula is C44H33N6O8+. The van der Waals surface area contributed by atoms with Crippen LogP contribution in [0.25, 0.3) is 45.8 Å². The van der Waals surface area contributed by atoms with Crippen molar-refractivity contribution in [3.63, 3.8) is 0 Å². The molecule has 4 aliphatic rings. The smallest absolute Gasteiger partial charge is 0.337 e.